The Balaban J connectivity index is 1.77. The number of hydrogen-bond donors (Lipinski definition) is 1. The van der Waals surface area contributed by atoms with Crippen LogP contribution in [0.4, 0.5) is 10.1 Å². The molecule has 0 saturated heterocycles. The number of halogens is 1. The maximum absolute atomic E-state index is 13.3. The molecule has 1 aromatic carbocycles. The minimum absolute atomic E-state index is 0.00882. The number of carbonyl (C=O) groups is 2. The first-order chi connectivity index (χ1) is 17.4. The number of ether oxygens (including phenoxy) is 3. The number of methoxy groups -OCH3 is 1. The van der Waals surface area contributed by atoms with Crippen LogP contribution in [0.3, 0.4) is 0 Å². The summed E-state index contributed by atoms with van der Waals surface area (Å²) in [7, 11) is -0.225. The van der Waals surface area contributed by atoms with Crippen LogP contribution < -0.4 is 14.8 Å². The molecule has 0 aliphatic carbocycles. The van der Waals surface area contributed by atoms with Crippen molar-refractivity contribution in [1.29, 1.82) is 0 Å². The molecular weight excluding hydrogens is 489 g/mol. The van der Waals surface area contributed by atoms with Gasteiger partial charge >= 0.3 is 5.97 Å². The highest BCUT2D eigenvalue weighted by Crippen LogP contribution is 2.28. The molecule has 0 aliphatic heterocycles. The molecule has 1 N–H and O–H groups in total. The summed E-state index contributed by atoms with van der Waals surface area (Å²) in [5.41, 5.74) is 1.58. The summed E-state index contributed by atoms with van der Waals surface area (Å²) in [6.45, 7) is 0.833. The number of aromatic nitrogens is 2. The standard InChI is InChI=1S/C25H26FN3O6S/c1-3-23(30)35-15-19-13-18(8-11-27-19)29-24(31)21-5-4-10-28-25(21)36(32)16-17-6-7-20(33-2)14-22(17)34-12-9-26/h4-8,10-11,13-14H,3,9,12,15-16H2,1-2H3,(H,27,29,31). The SMILES string of the molecule is CCC(=O)OCc1cc(NC(=O)c2cccnc2S(=O)Cc2ccc(OC)cc2OCCF)ccn1. The number of alkyl halides is 1. The molecule has 2 heterocycles. The van der Waals surface area contributed by atoms with Gasteiger partial charge in [0, 0.05) is 36.1 Å². The van der Waals surface area contributed by atoms with Crippen LogP contribution in [0.15, 0.2) is 59.9 Å². The van der Waals surface area contributed by atoms with Gasteiger partial charge in [0.05, 0.1) is 34.9 Å². The maximum Gasteiger partial charge on any atom is 0.305 e. The number of hydrogen-bond acceptors (Lipinski definition) is 8. The van der Waals surface area contributed by atoms with Gasteiger partial charge in [-0.25, -0.2) is 9.37 Å². The number of anilines is 1. The van der Waals surface area contributed by atoms with Crippen molar-refractivity contribution in [2.75, 3.05) is 25.7 Å². The van der Waals surface area contributed by atoms with Gasteiger partial charge in [-0.05, 0) is 30.3 Å². The van der Waals surface area contributed by atoms with Crippen molar-refractivity contribution in [2.24, 2.45) is 0 Å². The van der Waals surface area contributed by atoms with Gasteiger partial charge in [0.15, 0.2) is 0 Å². The molecule has 1 amide bonds. The first-order valence-electron chi connectivity index (χ1n) is 11.1. The number of rotatable bonds is 12. The van der Waals surface area contributed by atoms with Crippen molar-refractivity contribution in [3.05, 3.63) is 71.7 Å². The van der Waals surface area contributed by atoms with E-state index in [1.54, 1.807) is 43.3 Å². The third kappa shape index (κ3) is 7.32. The second-order valence-corrected chi connectivity index (χ2v) is 8.73. The molecule has 0 radical (unpaired) electrons. The molecule has 11 heteroatoms. The van der Waals surface area contributed by atoms with E-state index in [1.165, 1.54) is 25.6 Å². The lowest BCUT2D eigenvalue weighted by Crippen LogP contribution is -2.17. The normalized spacial score (nSPS) is 11.4. The third-order valence-electron chi connectivity index (χ3n) is 4.87. The molecule has 3 aromatic rings. The zero-order valence-electron chi connectivity index (χ0n) is 19.9. The Bertz CT molecular complexity index is 1240. The summed E-state index contributed by atoms with van der Waals surface area (Å²) >= 11 is 0. The second kappa shape index (κ2) is 13.3. The average Bonchev–Trinajstić information content (AvgIpc) is 2.91. The Morgan fingerprint density at radius 1 is 1.11 bits per heavy atom. The topological polar surface area (TPSA) is 117 Å². The summed E-state index contributed by atoms with van der Waals surface area (Å²) in [4.78, 5) is 32.7. The molecule has 1 unspecified atom stereocenters. The average molecular weight is 516 g/mol. The van der Waals surface area contributed by atoms with Crippen LogP contribution in [0.2, 0.25) is 0 Å². The molecule has 2 aromatic heterocycles. The summed E-state index contributed by atoms with van der Waals surface area (Å²) in [5.74, 6) is -0.0278. The fraction of sp³-hybridized carbons (Fsp3) is 0.280. The molecule has 1 atom stereocenters. The number of esters is 1. The lowest BCUT2D eigenvalue weighted by molar-refractivity contribution is -0.144. The van der Waals surface area contributed by atoms with E-state index in [4.69, 9.17) is 14.2 Å². The molecule has 9 nitrogen and oxygen atoms in total. The number of nitrogens with one attached hydrogen (secondary N) is 1. The Hall–Kier alpha value is -3.86. The van der Waals surface area contributed by atoms with E-state index < -0.39 is 23.4 Å². The van der Waals surface area contributed by atoms with Gasteiger partial charge in [0.2, 0.25) is 0 Å². The number of amides is 1. The molecule has 36 heavy (non-hydrogen) atoms. The molecule has 0 bridgehead atoms. The van der Waals surface area contributed by atoms with Gasteiger partial charge in [-0.3, -0.25) is 18.8 Å². The summed E-state index contributed by atoms with van der Waals surface area (Å²) in [6, 6.07) is 11.2. The predicted molar refractivity (Wildman–Crippen MR) is 131 cm³/mol. The molecule has 0 aliphatic rings. The highest BCUT2D eigenvalue weighted by atomic mass is 32.2. The van der Waals surface area contributed by atoms with Crippen molar-refractivity contribution in [3.63, 3.8) is 0 Å². The van der Waals surface area contributed by atoms with Gasteiger partial charge in [-0.2, -0.15) is 0 Å². The van der Waals surface area contributed by atoms with E-state index in [-0.39, 0.29) is 41.9 Å². The highest BCUT2D eigenvalue weighted by molar-refractivity contribution is 7.84. The van der Waals surface area contributed by atoms with E-state index in [2.05, 4.69) is 15.3 Å². The van der Waals surface area contributed by atoms with Crippen molar-refractivity contribution in [3.8, 4) is 11.5 Å². The van der Waals surface area contributed by atoms with Crippen LogP contribution in [0.25, 0.3) is 0 Å². The lowest BCUT2D eigenvalue weighted by Gasteiger charge is -2.13. The van der Waals surface area contributed by atoms with E-state index in [9.17, 15) is 18.2 Å². The van der Waals surface area contributed by atoms with Crippen molar-refractivity contribution in [1.82, 2.24) is 9.97 Å². The Kier molecular flexibility index (Phi) is 9.87. The molecule has 0 spiro atoms. The maximum atomic E-state index is 13.3. The zero-order chi connectivity index (χ0) is 25.9. The van der Waals surface area contributed by atoms with Crippen LogP contribution in [-0.2, 0) is 32.7 Å². The number of nitrogens with zero attached hydrogens (tertiary/aromatic N) is 2. The molecule has 190 valence electrons. The predicted octanol–water partition coefficient (Wildman–Crippen LogP) is 3.85. The Morgan fingerprint density at radius 2 is 1.94 bits per heavy atom. The van der Waals surface area contributed by atoms with Gasteiger partial charge < -0.3 is 19.5 Å². The van der Waals surface area contributed by atoms with Crippen LogP contribution in [0.5, 0.6) is 11.5 Å². The fourth-order valence-electron chi connectivity index (χ4n) is 3.11. The number of benzene rings is 1. The van der Waals surface area contributed by atoms with Crippen LogP contribution >= 0.6 is 0 Å². The third-order valence-corrected chi connectivity index (χ3v) is 6.20. The first kappa shape index (κ1) is 26.7. The van der Waals surface area contributed by atoms with Crippen molar-refractivity contribution in [2.45, 2.75) is 30.7 Å². The van der Waals surface area contributed by atoms with Gasteiger partial charge in [-0.1, -0.05) is 13.0 Å². The van der Waals surface area contributed by atoms with Gasteiger partial charge in [0.25, 0.3) is 5.91 Å². The zero-order valence-corrected chi connectivity index (χ0v) is 20.7. The lowest BCUT2D eigenvalue weighted by atomic mass is 10.2. The Labute approximate surface area is 210 Å². The first-order valence-corrected chi connectivity index (χ1v) is 12.4. The molecule has 0 saturated carbocycles. The second-order valence-electron chi connectivity index (χ2n) is 7.36. The fourth-order valence-corrected chi connectivity index (χ4v) is 4.35. The largest absolute Gasteiger partial charge is 0.497 e. The van der Waals surface area contributed by atoms with Crippen LogP contribution in [0, 0.1) is 0 Å². The molecule has 3 rings (SSSR count). The Morgan fingerprint density at radius 3 is 2.69 bits per heavy atom. The van der Waals surface area contributed by atoms with Crippen LogP contribution in [-0.4, -0.2) is 46.4 Å². The summed E-state index contributed by atoms with van der Waals surface area (Å²) < 4.78 is 41.6. The minimum atomic E-state index is -1.72. The van der Waals surface area contributed by atoms with Crippen molar-refractivity contribution < 1.29 is 32.4 Å². The summed E-state index contributed by atoms with van der Waals surface area (Å²) in [5, 5.41) is 2.83. The number of carbonyl (C=O) groups excluding carboxylic acids is 2. The van der Waals surface area contributed by atoms with Crippen molar-refractivity contribution >= 4 is 28.4 Å². The summed E-state index contributed by atoms with van der Waals surface area (Å²) in [6.07, 6.45) is 3.18. The quantitative estimate of drug-likeness (QED) is 0.362. The number of pyridine rings is 2. The van der Waals surface area contributed by atoms with E-state index in [0.717, 1.165) is 0 Å². The van der Waals surface area contributed by atoms with Gasteiger partial charge in [-0.15, -0.1) is 0 Å². The minimum Gasteiger partial charge on any atom is -0.497 e. The highest BCUT2D eigenvalue weighted by Gasteiger charge is 2.20. The molecule has 0 fully saturated rings. The van der Waals surface area contributed by atoms with Gasteiger partial charge in [0.1, 0.15) is 36.4 Å². The monoisotopic (exact) mass is 515 g/mol. The molecular formula is C25H26FN3O6S. The van der Waals surface area contributed by atoms with E-state index in [1.807, 2.05) is 0 Å². The van der Waals surface area contributed by atoms with Crippen LogP contribution in [0.1, 0.15) is 35.0 Å². The van der Waals surface area contributed by atoms with E-state index >= 15 is 0 Å². The smallest absolute Gasteiger partial charge is 0.305 e. The van der Waals surface area contributed by atoms with E-state index in [0.29, 0.717) is 28.4 Å².